The van der Waals surface area contributed by atoms with Crippen molar-refractivity contribution in [2.24, 2.45) is 0 Å². The first-order valence-electron chi connectivity index (χ1n) is 12.5. The Bertz CT molecular complexity index is 1260. The van der Waals surface area contributed by atoms with E-state index in [4.69, 9.17) is 4.74 Å². The number of fused-ring (bicyclic) bond motifs is 1. The monoisotopic (exact) mass is 507 g/mol. The van der Waals surface area contributed by atoms with Gasteiger partial charge in [0.15, 0.2) is 0 Å². The van der Waals surface area contributed by atoms with Gasteiger partial charge in [0.05, 0.1) is 6.67 Å². The molecule has 3 aromatic carbocycles. The smallest absolute Gasteiger partial charge is 0.130 e. The zero-order chi connectivity index (χ0) is 25.1. The second-order valence-electron chi connectivity index (χ2n) is 9.51. The largest absolute Gasteiger partial charge is 0.508 e. The zero-order valence-electron chi connectivity index (χ0n) is 20.5. The third kappa shape index (κ3) is 5.45. The average Bonchev–Trinajstić information content (AvgIpc) is 3.23. The highest BCUT2D eigenvalue weighted by molar-refractivity contribution is 7.99. The van der Waals surface area contributed by atoms with Crippen LogP contribution < -0.4 is 4.74 Å². The molecule has 0 bridgehead atoms. The van der Waals surface area contributed by atoms with Crippen molar-refractivity contribution < 1.29 is 18.6 Å². The van der Waals surface area contributed by atoms with Crippen LogP contribution >= 0.6 is 11.8 Å². The van der Waals surface area contributed by atoms with Crippen molar-refractivity contribution in [3.63, 3.8) is 0 Å². The summed E-state index contributed by atoms with van der Waals surface area (Å²) in [7, 11) is 0. The van der Waals surface area contributed by atoms with Crippen LogP contribution in [0.1, 0.15) is 41.5 Å². The van der Waals surface area contributed by atoms with E-state index < -0.39 is 0 Å². The quantitative estimate of drug-likeness (QED) is 0.370. The first-order chi connectivity index (χ1) is 17.5. The maximum Gasteiger partial charge on any atom is 0.130 e. The topological polar surface area (TPSA) is 32.7 Å². The summed E-state index contributed by atoms with van der Waals surface area (Å²) in [6.07, 6.45) is 2.30. The Morgan fingerprint density at radius 1 is 1.06 bits per heavy atom. The number of allylic oxidation sites excluding steroid dienone is 1. The van der Waals surface area contributed by atoms with Gasteiger partial charge in [0, 0.05) is 35.8 Å². The van der Waals surface area contributed by atoms with Crippen LogP contribution in [0.5, 0.6) is 11.5 Å². The van der Waals surface area contributed by atoms with Crippen molar-refractivity contribution in [3.8, 4) is 11.5 Å². The van der Waals surface area contributed by atoms with Crippen molar-refractivity contribution in [1.82, 2.24) is 4.90 Å². The normalized spacial score (nSPS) is 18.2. The number of aromatic hydroxyl groups is 1. The molecule has 1 saturated heterocycles. The molecule has 3 aromatic rings. The number of hydrogen-bond donors (Lipinski definition) is 1. The van der Waals surface area contributed by atoms with Gasteiger partial charge in [-0.15, -0.1) is 11.8 Å². The third-order valence-electron chi connectivity index (χ3n) is 6.88. The highest BCUT2D eigenvalue weighted by atomic mass is 32.2. The van der Waals surface area contributed by atoms with Gasteiger partial charge in [0.25, 0.3) is 0 Å². The van der Waals surface area contributed by atoms with Gasteiger partial charge < -0.3 is 9.84 Å². The maximum absolute atomic E-state index is 15.2. The Hall–Kier alpha value is -2.83. The maximum atomic E-state index is 15.2. The number of alkyl halides is 1. The average molecular weight is 508 g/mol. The third-order valence-corrected chi connectivity index (χ3v) is 7.95. The Morgan fingerprint density at radius 3 is 2.67 bits per heavy atom. The number of thioether (sulfide) groups is 1. The minimum absolute atomic E-state index is 0.0962. The first-order valence-corrected chi connectivity index (χ1v) is 13.5. The van der Waals surface area contributed by atoms with E-state index >= 15 is 4.39 Å². The SMILES string of the molecule is Cc1ccc(C2=C(c3ccc(O[C@H]4CCN(CCCF)C4)cc3)c3cc(O)ccc3SCC2)c(F)c1. The molecule has 0 saturated carbocycles. The predicted octanol–water partition coefficient (Wildman–Crippen LogP) is 7.11. The number of phenolic OH excluding ortho intramolecular Hbond substituents is 1. The molecule has 5 rings (SSSR count). The lowest BCUT2D eigenvalue weighted by atomic mass is 9.87. The van der Waals surface area contributed by atoms with E-state index in [1.807, 2.05) is 49.4 Å². The van der Waals surface area contributed by atoms with Crippen LogP contribution in [-0.4, -0.2) is 48.2 Å². The van der Waals surface area contributed by atoms with E-state index in [2.05, 4.69) is 4.90 Å². The van der Waals surface area contributed by atoms with Gasteiger partial charge in [-0.3, -0.25) is 9.29 Å². The van der Waals surface area contributed by atoms with Crippen LogP contribution in [0.2, 0.25) is 0 Å². The first kappa shape index (κ1) is 24.8. The van der Waals surface area contributed by atoms with Crippen LogP contribution in [0.4, 0.5) is 8.78 Å². The predicted molar refractivity (Wildman–Crippen MR) is 143 cm³/mol. The Morgan fingerprint density at radius 2 is 1.89 bits per heavy atom. The van der Waals surface area contributed by atoms with E-state index in [0.717, 1.165) is 70.3 Å². The van der Waals surface area contributed by atoms with Gasteiger partial charge in [-0.1, -0.05) is 24.3 Å². The van der Waals surface area contributed by atoms with E-state index in [-0.39, 0.29) is 24.3 Å². The van der Waals surface area contributed by atoms with Gasteiger partial charge in [0.1, 0.15) is 23.4 Å². The Balaban J connectivity index is 1.49. The summed E-state index contributed by atoms with van der Waals surface area (Å²) in [5.41, 5.74) is 5.25. The van der Waals surface area contributed by atoms with Crippen molar-refractivity contribution in [2.75, 3.05) is 32.1 Å². The number of phenols is 1. The molecule has 0 spiro atoms. The Labute approximate surface area is 215 Å². The number of halogens is 2. The van der Waals surface area contributed by atoms with Gasteiger partial charge in [-0.05, 0) is 90.4 Å². The molecule has 2 aliphatic heterocycles. The molecule has 2 aliphatic rings. The summed E-state index contributed by atoms with van der Waals surface area (Å²) in [6.45, 7) is 4.12. The van der Waals surface area contributed by atoms with Crippen molar-refractivity contribution in [3.05, 3.63) is 88.7 Å². The fourth-order valence-corrected chi connectivity index (χ4v) is 6.13. The van der Waals surface area contributed by atoms with E-state index in [9.17, 15) is 9.50 Å². The van der Waals surface area contributed by atoms with Crippen LogP contribution in [0.25, 0.3) is 11.1 Å². The molecule has 1 atom stereocenters. The van der Waals surface area contributed by atoms with Gasteiger partial charge >= 0.3 is 0 Å². The lowest BCUT2D eigenvalue weighted by Gasteiger charge is -2.19. The lowest BCUT2D eigenvalue weighted by Crippen LogP contribution is -2.26. The highest BCUT2D eigenvalue weighted by Gasteiger charge is 2.25. The van der Waals surface area contributed by atoms with Gasteiger partial charge in [0.2, 0.25) is 0 Å². The molecule has 0 radical (unpaired) electrons. The summed E-state index contributed by atoms with van der Waals surface area (Å²) in [4.78, 5) is 3.32. The minimum atomic E-state index is -0.285. The van der Waals surface area contributed by atoms with Crippen LogP contribution in [0.3, 0.4) is 0 Å². The molecule has 1 fully saturated rings. The van der Waals surface area contributed by atoms with Crippen LogP contribution in [-0.2, 0) is 0 Å². The molecule has 2 heterocycles. The number of aryl methyl sites for hydroxylation is 1. The second-order valence-corrected chi connectivity index (χ2v) is 10.6. The van der Waals surface area contributed by atoms with Crippen LogP contribution in [0.15, 0.2) is 65.6 Å². The molecule has 3 nitrogen and oxygen atoms in total. The number of hydrogen-bond acceptors (Lipinski definition) is 4. The zero-order valence-corrected chi connectivity index (χ0v) is 21.3. The fraction of sp³-hybridized carbons (Fsp3) is 0.333. The standard InChI is InChI=1S/C30H31F2NO2S/c1-20-3-9-25(28(32)17-20)26-12-16-36-29-10-6-22(34)18-27(29)30(26)21-4-7-23(8-5-21)35-24-11-15-33(19-24)14-2-13-31/h3-10,17-18,24,34H,2,11-16,19H2,1H3/t24-/m0/s1. The number of benzene rings is 3. The summed E-state index contributed by atoms with van der Waals surface area (Å²) in [5, 5.41) is 10.3. The Kier molecular flexibility index (Phi) is 7.63. The molecule has 0 unspecified atom stereocenters. The van der Waals surface area contributed by atoms with Crippen molar-refractivity contribution >= 4 is 22.9 Å². The molecule has 36 heavy (non-hydrogen) atoms. The van der Waals surface area contributed by atoms with Gasteiger partial charge in [-0.2, -0.15) is 0 Å². The summed E-state index contributed by atoms with van der Waals surface area (Å²) < 4.78 is 33.9. The minimum Gasteiger partial charge on any atom is -0.508 e. The molecule has 0 aromatic heterocycles. The highest BCUT2D eigenvalue weighted by Crippen LogP contribution is 2.44. The number of ether oxygens (including phenoxy) is 1. The molecular weight excluding hydrogens is 476 g/mol. The van der Waals surface area contributed by atoms with Crippen LogP contribution in [0, 0.1) is 12.7 Å². The number of nitrogens with zero attached hydrogens (tertiary/aromatic N) is 1. The van der Waals surface area contributed by atoms with Crippen molar-refractivity contribution in [1.29, 1.82) is 0 Å². The lowest BCUT2D eigenvalue weighted by molar-refractivity contribution is 0.198. The van der Waals surface area contributed by atoms with E-state index in [1.54, 1.807) is 30.0 Å². The molecule has 0 aliphatic carbocycles. The molecule has 188 valence electrons. The molecule has 1 N–H and O–H groups in total. The molecule has 6 heteroatoms. The fourth-order valence-electron chi connectivity index (χ4n) is 5.13. The molecule has 0 amide bonds. The second kappa shape index (κ2) is 11.1. The summed E-state index contributed by atoms with van der Waals surface area (Å²) >= 11 is 1.73. The van der Waals surface area contributed by atoms with Crippen molar-refractivity contribution in [2.45, 2.75) is 37.2 Å². The van der Waals surface area contributed by atoms with Gasteiger partial charge in [-0.25, -0.2) is 4.39 Å². The summed E-state index contributed by atoms with van der Waals surface area (Å²) in [6, 6.07) is 18.8. The van der Waals surface area contributed by atoms with E-state index in [1.165, 1.54) is 0 Å². The molecular formula is C30H31F2NO2S. The number of rotatable bonds is 7. The van der Waals surface area contributed by atoms with E-state index in [0.29, 0.717) is 18.4 Å². The number of likely N-dealkylation sites (tertiary alicyclic amines) is 1. The summed E-state index contributed by atoms with van der Waals surface area (Å²) in [5.74, 6) is 1.58.